The van der Waals surface area contributed by atoms with E-state index < -0.39 is 67.1 Å². The van der Waals surface area contributed by atoms with E-state index in [-0.39, 0.29) is 37.9 Å². The smallest absolute Gasteiger partial charge is 0.309 e. The standard InChI is InChI=1S/C23H36O12/c1-11(2)6-16(26)35-21-17-14(4-5-23(17,30)10-33-12(3)25)13(8-31-21)9-32-22-20(29)19(28)18(27)15(7-24)34-22/h8,11,14-15,17-22,24,27-30H,4-7,9-10H2,1-3H3/t14-,15-,17-,18-,19-,20-,21+,22-,23+/m1/s1. The zero-order valence-corrected chi connectivity index (χ0v) is 20.1. The van der Waals surface area contributed by atoms with Crippen LogP contribution >= 0.6 is 0 Å². The van der Waals surface area contributed by atoms with Crippen LogP contribution in [0, 0.1) is 17.8 Å². The van der Waals surface area contributed by atoms with Gasteiger partial charge in [-0.15, -0.1) is 0 Å². The van der Waals surface area contributed by atoms with Gasteiger partial charge in [0.2, 0.25) is 6.29 Å². The lowest BCUT2D eigenvalue weighted by atomic mass is 9.81. The Kier molecular flexibility index (Phi) is 9.13. The molecule has 0 aromatic carbocycles. The van der Waals surface area contributed by atoms with Crippen molar-refractivity contribution in [1.29, 1.82) is 0 Å². The number of aliphatic hydroxyl groups excluding tert-OH is 4. The fourth-order valence-electron chi connectivity index (χ4n) is 4.84. The van der Waals surface area contributed by atoms with Gasteiger partial charge in [0.15, 0.2) is 6.29 Å². The molecule has 12 heteroatoms. The molecular formula is C23H36O12. The molecule has 1 saturated carbocycles. The molecule has 2 aliphatic heterocycles. The summed E-state index contributed by atoms with van der Waals surface area (Å²) < 4.78 is 27.3. The molecule has 1 aliphatic carbocycles. The molecule has 1 saturated heterocycles. The SMILES string of the molecule is CC(=O)OC[C@@]1(O)CC[C@@H]2C(CO[C@@H]3O[C@H](CO)[C@@H](O)[C@@H](O)[C@H]3O)=CO[C@@H](OC(=O)CC(C)C)[C@@H]21. The van der Waals surface area contributed by atoms with Gasteiger partial charge >= 0.3 is 11.9 Å². The normalized spacial score (nSPS) is 38.9. The van der Waals surface area contributed by atoms with Gasteiger partial charge in [-0.2, -0.15) is 0 Å². The van der Waals surface area contributed by atoms with Crippen molar-refractivity contribution in [3.05, 3.63) is 11.8 Å². The number of esters is 2. The zero-order chi connectivity index (χ0) is 25.9. The molecule has 0 bridgehead atoms. The molecule has 0 unspecified atom stereocenters. The maximum atomic E-state index is 12.3. The number of aliphatic hydroxyl groups is 5. The molecule has 0 radical (unpaired) electrons. The second-order valence-electron chi connectivity index (χ2n) is 9.85. The van der Waals surface area contributed by atoms with Crippen LogP contribution in [-0.2, 0) is 33.3 Å². The van der Waals surface area contributed by atoms with Crippen molar-refractivity contribution < 1.29 is 58.8 Å². The van der Waals surface area contributed by atoms with E-state index >= 15 is 0 Å². The van der Waals surface area contributed by atoms with Gasteiger partial charge in [0, 0.05) is 13.3 Å². The summed E-state index contributed by atoms with van der Waals surface area (Å²) in [6.07, 6.45) is -5.99. The molecule has 2 heterocycles. The van der Waals surface area contributed by atoms with Crippen molar-refractivity contribution >= 4 is 11.9 Å². The topological polar surface area (TPSA) is 181 Å². The van der Waals surface area contributed by atoms with E-state index in [1.54, 1.807) is 0 Å². The Bertz CT molecular complexity index is 782. The molecule has 3 aliphatic rings. The van der Waals surface area contributed by atoms with E-state index in [1.807, 2.05) is 13.8 Å². The first-order valence-electron chi connectivity index (χ1n) is 11.8. The van der Waals surface area contributed by atoms with Crippen molar-refractivity contribution in [2.45, 2.75) is 82.6 Å². The third kappa shape index (κ3) is 6.31. The summed E-state index contributed by atoms with van der Waals surface area (Å²) in [6.45, 7) is 3.94. The number of carbonyl (C=O) groups is 2. The molecule has 12 nitrogen and oxygen atoms in total. The number of rotatable bonds is 9. The summed E-state index contributed by atoms with van der Waals surface area (Å²) in [4.78, 5) is 23.7. The van der Waals surface area contributed by atoms with Gasteiger partial charge in [-0.1, -0.05) is 13.8 Å². The van der Waals surface area contributed by atoms with Crippen molar-refractivity contribution in [2.75, 3.05) is 19.8 Å². The van der Waals surface area contributed by atoms with E-state index in [1.165, 1.54) is 13.2 Å². The highest BCUT2D eigenvalue weighted by molar-refractivity contribution is 5.69. The van der Waals surface area contributed by atoms with Gasteiger partial charge in [-0.05, 0) is 30.3 Å². The van der Waals surface area contributed by atoms with Crippen molar-refractivity contribution in [2.24, 2.45) is 17.8 Å². The maximum absolute atomic E-state index is 12.3. The first-order valence-corrected chi connectivity index (χ1v) is 11.8. The summed E-state index contributed by atoms with van der Waals surface area (Å²) >= 11 is 0. The summed E-state index contributed by atoms with van der Waals surface area (Å²) in [5.41, 5.74) is -0.941. The first kappa shape index (κ1) is 27.8. The molecule has 200 valence electrons. The molecular weight excluding hydrogens is 468 g/mol. The predicted octanol–water partition coefficient (Wildman–Crippen LogP) is -1.05. The molecule has 35 heavy (non-hydrogen) atoms. The number of fused-ring (bicyclic) bond motifs is 1. The highest BCUT2D eigenvalue weighted by Gasteiger charge is 2.57. The third-order valence-electron chi connectivity index (χ3n) is 6.68. The van der Waals surface area contributed by atoms with Crippen LogP contribution < -0.4 is 0 Å². The van der Waals surface area contributed by atoms with Gasteiger partial charge < -0.3 is 49.2 Å². The highest BCUT2D eigenvalue weighted by atomic mass is 16.7. The minimum atomic E-state index is -1.58. The molecule has 3 rings (SSSR count). The van der Waals surface area contributed by atoms with Gasteiger partial charge in [-0.3, -0.25) is 9.59 Å². The van der Waals surface area contributed by atoms with Gasteiger partial charge in [-0.25, -0.2) is 0 Å². The lowest BCUT2D eigenvalue weighted by molar-refractivity contribution is -0.299. The number of hydrogen-bond donors (Lipinski definition) is 5. The Hall–Kier alpha value is -1.80. The van der Waals surface area contributed by atoms with Crippen LogP contribution in [0.3, 0.4) is 0 Å². The molecule has 0 amide bonds. The lowest BCUT2D eigenvalue weighted by Crippen LogP contribution is -2.59. The highest BCUT2D eigenvalue weighted by Crippen LogP contribution is 2.49. The Morgan fingerprint density at radius 3 is 2.51 bits per heavy atom. The Labute approximate surface area is 203 Å². The van der Waals surface area contributed by atoms with Crippen LogP contribution in [0.1, 0.15) is 40.0 Å². The molecule has 0 spiro atoms. The number of ether oxygens (including phenoxy) is 5. The van der Waals surface area contributed by atoms with Gasteiger partial charge in [0.05, 0.1) is 25.4 Å². The number of carbonyl (C=O) groups excluding carboxylic acids is 2. The second kappa shape index (κ2) is 11.5. The fraction of sp³-hybridized carbons (Fsp3) is 0.826. The van der Waals surface area contributed by atoms with E-state index in [0.717, 1.165) is 0 Å². The molecule has 9 atom stereocenters. The second-order valence-corrected chi connectivity index (χ2v) is 9.85. The minimum absolute atomic E-state index is 0.0587. The summed E-state index contributed by atoms with van der Waals surface area (Å²) in [6, 6.07) is 0. The maximum Gasteiger partial charge on any atom is 0.309 e. The quantitative estimate of drug-likeness (QED) is 0.241. The number of hydrogen-bond acceptors (Lipinski definition) is 12. The fourth-order valence-corrected chi connectivity index (χ4v) is 4.84. The monoisotopic (exact) mass is 504 g/mol. The Balaban J connectivity index is 1.75. The van der Waals surface area contributed by atoms with Crippen LogP contribution in [-0.4, -0.2) is 99.9 Å². The molecule has 5 N–H and O–H groups in total. The summed E-state index contributed by atoms with van der Waals surface area (Å²) in [5, 5.41) is 50.8. The van der Waals surface area contributed by atoms with Crippen molar-refractivity contribution in [3.8, 4) is 0 Å². The van der Waals surface area contributed by atoms with Gasteiger partial charge in [0.1, 0.15) is 36.6 Å². The largest absolute Gasteiger partial charge is 0.463 e. The van der Waals surface area contributed by atoms with Crippen molar-refractivity contribution in [1.82, 2.24) is 0 Å². The van der Waals surface area contributed by atoms with E-state index in [9.17, 15) is 35.1 Å². The molecule has 2 fully saturated rings. The zero-order valence-electron chi connectivity index (χ0n) is 20.1. The molecule has 0 aromatic rings. The van der Waals surface area contributed by atoms with Gasteiger partial charge in [0.25, 0.3) is 0 Å². The van der Waals surface area contributed by atoms with Crippen LogP contribution in [0.25, 0.3) is 0 Å². The van der Waals surface area contributed by atoms with Crippen LogP contribution in [0.5, 0.6) is 0 Å². The van der Waals surface area contributed by atoms with Crippen LogP contribution in [0.4, 0.5) is 0 Å². The summed E-state index contributed by atoms with van der Waals surface area (Å²) in [5.74, 6) is -2.11. The van der Waals surface area contributed by atoms with E-state index in [0.29, 0.717) is 12.0 Å². The summed E-state index contributed by atoms with van der Waals surface area (Å²) in [7, 11) is 0. The van der Waals surface area contributed by atoms with Crippen LogP contribution in [0.15, 0.2) is 11.8 Å². The Morgan fingerprint density at radius 1 is 1.17 bits per heavy atom. The average molecular weight is 505 g/mol. The average Bonchev–Trinajstić information content (AvgIpc) is 3.14. The minimum Gasteiger partial charge on any atom is -0.463 e. The third-order valence-corrected chi connectivity index (χ3v) is 6.68. The van der Waals surface area contributed by atoms with E-state index in [4.69, 9.17) is 23.7 Å². The first-order chi connectivity index (χ1) is 16.5. The van der Waals surface area contributed by atoms with Crippen molar-refractivity contribution in [3.63, 3.8) is 0 Å². The molecule has 0 aromatic heterocycles. The predicted molar refractivity (Wildman–Crippen MR) is 116 cm³/mol. The van der Waals surface area contributed by atoms with Crippen LogP contribution in [0.2, 0.25) is 0 Å². The Morgan fingerprint density at radius 2 is 1.89 bits per heavy atom. The lowest BCUT2D eigenvalue weighted by Gasteiger charge is -2.41. The van der Waals surface area contributed by atoms with E-state index in [2.05, 4.69) is 0 Å².